The minimum Gasteiger partial charge on any atom is -0.312 e. The Bertz CT molecular complexity index is 495. The zero-order valence-corrected chi connectivity index (χ0v) is 8.34. The molecule has 0 fully saturated rings. The van der Waals surface area contributed by atoms with Crippen LogP contribution in [0.4, 0.5) is 0 Å². The summed E-state index contributed by atoms with van der Waals surface area (Å²) in [5, 5.41) is 4.00. The maximum Gasteiger partial charge on any atom is 0.276 e. The Kier molecular flexibility index (Phi) is 2.11. The van der Waals surface area contributed by atoms with Gasteiger partial charge in [-0.05, 0) is 12.0 Å². The third kappa shape index (κ3) is 1.43. The van der Waals surface area contributed by atoms with Gasteiger partial charge >= 0.3 is 0 Å². The summed E-state index contributed by atoms with van der Waals surface area (Å²) in [4.78, 5) is 11.8. The molecule has 0 aliphatic carbocycles. The van der Waals surface area contributed by atoms with E-state index in [0.29, 0.717) is 11.4 Å². The van der Waals surface area contributed by atoms with Gasteiger partial charge in [-0.2, -0.15) is 5.10 Å². The van der Waals surface area contributed by atoms with E-state index >= 15 is 0 Å². The van der Waals surface area contributed by atoms with Crippen LogP contribution in [0.5, 0.6) is 0 Å². The van der Waals surface area contributed by atoms with Gasteiger partial charge in [0.2, 0.25) is 0 Å². The fourth-order valence-electron chi connectivity index (χ4n) is 1.50. The maximum atomic E-state index is 11.8. The van der Waals surface area contributed by atoms with Gasteiger partial charge in [0, 0.05) is 18.9 Å². The highest BCUT2D eigenvalue weighted by Crippen LogP contribution is 1.98. The van der Waals surface area contributed by atoms with Crippen molar-refractivity contribution in [2.75, 3.05) is 0 Å². The van der Waals surface area contributed by atoms with Crippen molar-refractivity contribution in [2.24, 2.45) is 5.92 Å². The van der Waals surface area contributed by atoms with Gasteiger partial charge in [0.05, 0.1) is 6.20 Å². The van der Waals surface area contributed by atoms with Crippen LogP contribution in [-0.4, -0.2) is 14.2 Å². The van der Waals surface area contributed by atoms with Crippen LogP contribution in [-0.2, 0) is 6.54 Å². The summed E-state index contributed by atoms with van der Waals surface area (Å²) in [6.45, 7) is 4.93. The van der Waals surface area contributed by atoms with Gasteiger partial charge in [0.25, 0.3) is 5.56 Å². The molecule has 74 valence electrons. The standard InChI is InChI=1S/C10H13N3O/c1-8(2)7-12-5-6-13-9(10(12)14)3-4-11-13/h3-6,8H,7H2,1-2H3. The van der Waals surface area contributed by atoms with Crippen LogP contribution in [0.25, 0.3) is 5.52 Å². The first-order valence-electron chi connectivity index (χ1n) is 4.71. The minimum absolute atomic E-state index is 0.0266. The van der Waals surface area contributed by atoms with Crippen molar-refractivity contribution in [1.82, 2.24) is 14.2 Å². The largest absolute Gasteiger partial charge is 0.312 e. The summed E-state index contributed by atoms with van der Waals surface area (Å²) >= 11 is 0. The lowest BCUT2D eigenvalue weighted by Gasteiger charge is -2.07. The molecule has 0 aliphatic rings. The highest BCUT2D eigenvalue weighted by molar-refractivity contribution is 5.42. The van der Waals surface area contributed by atoms with Crippen LogP contribution >= 0.6 is 0 Å². The molecule has 0 unspecified atom stereocenters. The summed E-state index contributed by atoms with van der Waals surface area (Å²) in [5.74, 6) is 0.470. The molecule has 2 heterocycles. The lowest BCUT2D eigenvalue weighted by atomic mass is 10.2. The van der Waals surface area contributed by atoms with Crippen molar-refractivity contribution >= 4 is 5.52 Å². The van der Waals surface area contributed by atoms with E-state index in [-0.39, 0.29) is 5.56 Å². The molecule has 4 heteroatoms. The van der Waals surface area contributed by atoms with Gasteiger partial charge in [-0.3, -0.25) is 4.79 Å². The van der Waals surface area contributed by atoms with E-state index in [4.69, 9.17) is 0 Å². The molecule has 0 saturated carbocycles. The van der Waals surface area contributed by atoms with Crippen molar-refractivity contribution in [3.05, 3.63) is 35.0 Å². The Morgan fingerprint density at radius 2 is 2.21 bits per heavy atom. The minimum atomic E-state index is 0.0266. The van der Waals surface area contributed by atoms with Gasteiger partial charge in [-0.1, -0.05) is 13.8 Å². The highest BCUT2D eigenvalue weighted by Gasteiger charge is 2.03. The second kappa shape index (κ2) is 3.29. The van der Waals surface area contributed by atoms with Crippen molar-refractivity contribution in [1.29, 1.82) is 0 Å². The van der Waals surface area contributed by atoms with Crippen LogP contribution in [0.1, 0.15) is 13.8 Å². The SMILES string of the molecule is CC(C)Cn1ccn2nccc2c1=O. The van der Waals surface area contributed by atoms with E-state index in [1.807, 2.05) is 0 Å². The molecular weight excluding hydrogens is 178 g/mol. The lowest BCUT2D eigenvalue weighted by molar-refractivity contribution is 0.510. The molecule has 2 aromatic heterocycles. The van der Waals surface area contributed by atoms with Gasteiger partial charge < -0.3 is 4.57 Å². The summed E-state index contributed by atoms with van der Waals surface area (Å²) in [6, 6.07) is 1.74. The summed E-state index contributed by atoms with van der Waals surface area (Å²) in [6.07, 6.45) is 5.22. The van der Waals surface area contributed by atoms with Crippen molar-refractivity contribution < 1.29 is 0 Å². The molecule has 4 nitrogen and oxygen atoms in total. The van der Waals surface area contributed by atoms with E-state index in [1.54, 1.807) is 33.7 Å². The van der Waals surface area contributed by atoms with E-state index in [2.05, 4.69) is 18.9 Å². The third-order valence-corrected chi connectivity index (χ3v) is 2.10. The van der Waals surface area contributed by atoms with Gasteiger partial charge in [0.15, 0.2) is 0 Å². The monoisotopic (exact) mass is 191 g/mol. The average molecular weight is 191 g/mol. The Labute approximate surface area is 81.8 Å². The molecule has 2 rings (SSSR count). The second-order valence-electron chi connectivity index (χ2n) is 3.81. The Hall–Kier alpha value is -1.58. The topological polar surface area (TPSA) is 39.3 Å². The maximum absolute atomic E-state index is 11.8. The zero-order valence-electron chi connectivity index (χ0n) is 8.34. The quantitative estimate of drug-likeness (QED) is 0.714. The van der Waals surface area contributed by atoms with Crippen LogP contribution in [0.3, 0.4) is 0 Å². The van der Waals surface area contributed by atoms with Gasteiger partial charge in [0.1, 0.15) is 5.52 Å². The molecule has 0 saturated heterocycles. The number of nitrogens with zero attached hydrogens (tertiary/aromatic N) is 3. The van der Waals surface area contributed by atoms with Crippen LogP contribution in [0.15, 0.2) is 29.5 Å². The van der Waals surface area contributed by atoms with Crippen LogP contribution in [0.2, 0.25) is 0 Å². The number of rotatable bonds is 2. The number of hydrogen-bond acceptors (Lipinski definition) is 2. The second-order valence-corrected chi connectivity index (χ2v) is 3.81. The first-order valence-corrected chi connectivity index (χ1v) is 4.71. The van der Waals surface area contributed by atoms with Gasteiger partial charge in [-0.15, -0.1) is 0 Å². The van der Waals surface area contributed by atoms with Crippen LogP contribution in [0, 0.1) is 5.92 Å². The average Bonchev–Trinajstić information content (AvgIpc) is 2.57. The molecular formula is C10H13N3O. The summed E-state index contributed by atoms with van der Waals surface area (Å²) in [5.41, 5.74) is 0.659. The molecule has 0 bridgehead atoms. The van der Waals surface area contributed by atoms with E-state index in [9.17, 15) is 4.79 Å². The fourth-order valence-corrected chi connectivity index (χ4v) is 1.50. The van der Waals surface area contributed by atoms with Crippen molar-refractivity contribution in [3.63, 3.8) is 0 Å². The number of fused-ring (bicyclic) bond motifs is 1. The smallest absolute Gasteiger partial charge is 0.276 e. The molecule has 0 atom stereocenters. The summed E-state index contributed by atoms with van der Waals surface area (Å²) < 4.78 is 3.32. The zero-order chi connectivity index (χ0) is 10.1. The predicted octanol–water partition coefficient (Wildman–Crippen LogP) is 1.15. The molecule has 0 amide bonds. The molecule has 0 radical (unpaired) electrons. The Morgan fingerprint density at radius 1 is 1.43 bits per heavy atom. The predicted molar refractivity (Wildman–Crippen MR) is 54.3 cm³/mol. The molecule has 0 aromatic carbocycles. The van der Waals surface area contributed by atoms with Gasteiger partial charge in [-0.25, -0.2) is 4.52 Å². The Balaban J connectivity index is 2.57. The fraction of sp³-hybridized carbons (Fsp3) is 0.400. The first-order chi connectivity index (χ1) is 6.68. The summed E-state index contributed by atoms with van der Waals surface area (Å²) in [7, 11) is 0. The molecule has 2 aromatic rings. The Morgan fingerprint density at radius 3 is 2.93 bits per heavy atom. The van der Waals surface area contributed by atoms with E-state index in [0.717, 1.165) is 6.54 Å². The van der Waals surface area contributed by atoms with E-state index in [1.165, 1.54) is 0 Å². The first kappa shape index (κ1) is 8.99. The van der Waals surface area contributed by atoms with Crippen LogP contribution < -0.4 is 5.56 Å². The third-order valence-electron chi connectivity index (χ3n) is 2.10. The lowest BCUT2D eigenvalue weighted by Crippen LogP contribution is -2.23. The molecule has 0 N–H and O–H groups in total. The molecule has 0 spiro atoms. The molecule has 0 aliphatic heterocycles. The van der Waals surface area contributed by atoms with Crippen molar-refractivity contribution in [2.45, 2.75) is 20.4 Å². The normalized spacial score (nSPS) is 11.4. The van der Waals surface area contributed by atoms with E-state index < -0.39 is 0 Å². The van der Waals surface area contributed by atoms with Crippen molar-refractivity contribution in [3.8, 4) is 0 Å². The molecule has 14 heavy (non-hydrogen) atoms. The highest BCUT2D eigenvalue weighted by atomic mass is 16.1. The number of hydrogen-bond donors (Lipinski definition) is 0. The number of aromatic nitrogens is 3.